The topological polar surface area (TPSA) is 84.9 Å². The summed E-state index contributed by atoms with van der Waals surface area (Å²) in [5.41, 5.74) is 4.15. The number of rotatable bonds is 9. The molecule has 35 heavy (non-hydrogen) atoms. The molecular formula is C27H32N2O5S. The summed E-state index contributed by atoms with van der Waals surface area (Å²) in [7, 11) is -0.882. The molecule has 1 N–H and O–H groups in total. The van der Waals surface area contributed by atoms with E-state index in [0.717, 1.165) is 26.6 Å². The average Bonchev–Trinajstić information content (AvgIpc) is 2.84. The normalized spacial score (nSPS) is 12.1. The molecule has 0 aromatic heterocycles. The number of benzene rings is 3. The van der Waals surface area contributed by atoms with Gasteiger partial charge in [0.15, 0.2) is 11.5 Å². The van der Waals surface area contributed by atoms with Crippen molar-refractivity contribution in [1.82, 2.24) is 5.32 Å². The van der Waals surface area contributed by atoms with Crippen LogP contribution in [0.15, 0.2) is 65.6 Å². The van der Waals surface area contributed by atoms with Crippen LogP contribution in [-0.2, 0) is 14.8 Å². The minimum absolute atomic E-state index is 0.127. The molecule has 1 unspecified atom stereocenters. The summed E-state index contributed by atoms with van der Waals surface area (Å²) >= 11 is 0. The predicted molar refractivity (Wildman–Crippen MR) is 138 cm³/mol. The Morgan fingerprint density at radius 2 is 1.54 bits per heavy atom. The van der Waals surface area contributed by atoms with E-state index in [9.17, 15) is 13.2 Å². The molecule has 1 amide bonds. The molecule has 3 aromatic carbocycles. The second-order valence-electron chi connectivity index (χ2n) is 8.50. The standard InChI is InChI=1S/C27H32N2O5S/c1-18-7-12-24(13-8-18)35(31,32)29(23-11-9-19(2)20(3)15-23)17-27(30)28-21(4)22-10-14-25(33-5)26(16-22)34-6/h7-16,21H,17H2,1-6H3,(H,28,30). The maximum Gasteiger partial charge on any atom is 0.264 e. The zero-order chi connectivity index (χ0) is 25.8. The summed E-state index contributed by atoms with van der Waals surface area (Å²) in [6, 6.07) is 17.0. The van der Waals surface area contributed by atoms with Crippen LogP contribution >= 0.6 is 0 Å². The summed E-state index contributed by atoms with van der Waals surface area (Å²) < 4.78 is 39.0. The Hall–Kier alpha value is -3.52. The summed E-state index contributed by atoms with van der Waals surface area (Å²) in [6.07, 6.45) is 0. The molecule has 186 valence electrons. The molecule has 3 aromatic rings. The Kier molecular flexibility index (Phi) is 8.07. The van der Waals surface area contributed by atoms with E-state index in [-0.39, 0.29) is 17.5 Å². The van der Waals surface area contributed by atoms with Crippen molar-refractivity contribution in [3.63, 3.8) is 0 Å². The van der Waals surface area contributed by atoms with Crippen LogP contribution < -0.4 is 19.1 Å². The molecule has 0 saturated carbocycles. The lowest BCUT2D eigenvalue weighted by atomic mass is 10.1. The van der Waals surface area contributed by atoms with Crippen molar-refractivity contribution in [3.05, 3.63) is 82.9 Å². The molecule has 0 radical (unpaired) electrons. The van der Waals surface area contributed by atoms with Crippen molar-refractivity contribution in [2.75, 3.05) is 25.1 Å². The van der Waals surface area contributed by atoms with Crippen molar-refractivity contribution in [1.29, 1.82) is 0 Å². The smallest absolute Gasteiger partial charge is 0.264 e. The average molecular weight is 497 g/mol. The largest absolute Gasteiger partial charge is 0.493 e. The van der Waals surface area contributed by atoms with Gasteiger partial charge in [0, 0.05) is 0 Å². The second-order valence-corrected chi connectivity index (χ2v) is 10.4. The first kappa shape index (κ1) is 26.1. The van der Waals surface area contributed by atoms with Crippen molar-refractivity contribution in [2.45, 2.75) is 38.6 Å². The van der Waals surface area contributed by atoms with Gasteiger partial charge in [-0.25, -0.2) is 8.42 Å². The number of hydrogen-bond acceptors (Lipinski definition) is 5. The van der Waals surface area contributed by atoms with Crippen LogP contribution in [0.1, 0.15) is 35.2 Å². The number of ether oxygens (including phenoxy) is 2. The number of anilines is 1. The Morgan fingerprint density at radius 3 is 2.14 bits per heavy atom. The maximum atomic E-state index is 13.6. The highest BCUT2D eigenvalue weighted by molar-refractivity contribution is 7.92. The van der Waals surface area contributed by atoms with E-state index in [2.05, 4.69) is 5.32 Å². The first-order valence-electron chi connectivity index (χ1n) is 11.2. The lowest BCUT2D eigenvalue weighted by molar-refractivity contribution is -0.120. The number of carbonyl (C=O) groups is 1. The fourth-order valence-corrected chi connectivity index (χ4v) is 5.07. The van der Waals surface area contributed by atoms with E-state index < -0.39 is 15.9 Å². The van der Waals surface area contributed by atoms with E-state index in [4.69, 9.17) is 9.47 Å². The van der Waals surface area contributed by atoms with Gasteiger partial charge in [0.05, 0.1) is 30.8 Å². The molecule has 0 spiro atoms. The number of methoxy groups -OCH3 is 2. The number of nitrogens with zero attached hydrogens (tertiary/aromatic N) is 1. The zero-order valence-corrected chi connectivity index (χ0v) is 21.8. The third-order valence-electron chi connectivity index (χ3n) is 5.96. The first-order chi connectivity index (χ1) is 16.6. The maximum absolute atomic E-state index is 13.6. The van der Waals surface area contributed by atoms with Gasteiger partial charge in [-0.15, -0.1) is 0 Å². The van der Waals surface area contributed by atoms with Gasteiger partial charge in [-0.2, -0.15) is 0 Å². The molecule has 1 atom stereocenters. The lowest BCUT2D eigenvalue weighted by Gasteiger charge is -2.26. The molecule has 0 heterocycles. The Bertz CT molecular complexity index is 1300. The molecular weight excluding hydrogens is 464 g/mol. The van der Waals surface area contributed by atoms with Gasteiger partial charge < -0.3 is 14.8 Å². The first-order valence-corrected chi connectivity index (χ1v) is 12.7. The van der Waals surface area contributed by atoms with Crippen LogP contribution in [-0.4, -0.2) is 35.1 Å². The van der Waals surface area contributed by atoms with Gasteiger partial charge >= 0.3 is 0 Å². The van der Waals surface area contributed by atoms with Gasteiger partial charge in [-0.05, 0) is 80.8 Å². The van der Waals surface area contributed by atoms with Crippen LogP contribution in [0.5, 0.6) is 11.5 Å². The van der Waals surface area contributed by atoms with Crippen LogP contribution in [0.4, 0.5) is 5.69 Å². The SMILES string of the molecule is COc1ccc(C(C)NC(=O)CN(c2ccc(C)c(C)c2)S(=O)(=O)c2ccc(C)cc2)cc1OC. The van der Waals surface area contributed by atoms with E-state index in [1.54, 1.807) is 62.8 Å². The zero-order valence-electron chi connectivity index (χ0n) is 21.0. The number of aryl methyl sites for hydroxylation is 3. The number of sulfonamides is 1. The van der Waals surface area contributed by atoms with Gasteiger partial charge in [0.1, 0.15) is 6.54 Å². The minimum atomic E-state index is -3.98. The quantitative estimate of drug-likeness (QED) is 0.464. The van der Waals surface area contributed by atoms with Crippen molar-refractivity contribution in [3.8, 4) is 11.5 Å². The molecule has 0 aliphatic carbocycles. The highest BCUT2D eigenvalue weighted by Crippen LogP contribution is 2.30. The molecule has 0 aliphatic rings. The van der Waals surface area contributed by atoms with E-state index in [1.807, 2.05) is 39.8 Å². The predicted octanol–water partition coefficient (Wildman–Crippen LogP) is 4.70. The number of hydrogen-bond donors (Lipinski definition) is 1. The molecule has 0 saturated heterocycles. The molecule has 7 nitrogen and oxygen atoms in total. The molecule has 8 heteroatoms. The fraction of sp³-hybridized carbons (Fsp3) is 0.296. The van der Waals surface area contributed by atoms with Crippen LogP contribution in [0.2, 0.25) is 0 Å². The summed E-state index contributed by atoms with van der Waals surface area (Å²) in [5.74, 6) is 0.700. The van der Waals surface area contributed by atoms with Crippen molar-refractivity contribution < 1.29 is 22.7 Å². The summed E-state index contributed by atoms with van der Waals surface area (Å²) in [5, 5.41) is 2.90. The minimum Gasteiger partial charge on any atom is -0.493 e. The summed E-state index contributed by atoms with van der Waals surface area (Å²) in [6.45, 7) is 7.22. The van der Waals surface area contributed by atoms with Crippen LogP contribution in [0, 0.1) is 20.8 Å². The molecule has 0 aliphatic heterocycles. The molecule has 0 fully saturated rings. The lowest BCUT2D eigenvalue weighted by Crippen LogP contribution is -2.41. The third kappa shape index (κ3) is 5.95. The van der Waals surface area contributed by atoms with E-state index >= 15 is 0 Å². The number of amides is 1. The Morgan fingerprint density at radius 1 is 0.886 bits per heavy atom. The fourth-order valence-electron chi connectivity index (χ4n) is 3.66. The van der Waals surface area contributed by atoms with Gasteiger partial charge in [-0.1, -0.05) is 29.8 Å². The highest BCUT2D eigenvalue weighted by atomic mass is 32.2. The third-order valence-corrected chi connectivity index (χ3v) is 7.75. The Balaban J connectivity index is 1.90. The summed E-state index contributed by atoms with van der Waals surface area (Å²) in [4.78, 5) is 13.2. The van der Waals surface area contributed by atoms with Gasteiger partial charge in [0.2, 0.25) is 5.91 Å². The van der Waals surface area contributed by atoms with E-state index in [1.165, 1.54) is 0 Å². The highest BCUT2D eigenvalue weighted by Gasteiger charge is 2.28. The second kappa shape index (κ2) is 10.8. The van der Waals surface area contributed by atoms with E-state index in [0.29, 0.717) is 17.2 Å². The monoisotopic (exact) mass is 496 g/mol. The number of nitrogens with one attached hydrogen (secondary N) is 1. The van der Waals surface area contributed by atoms with Gasteiger partial charge in [0.25, 0.3) is 10.0 Å². The van der Waals surface area contributed by atoms with Gasteiger partial charge in [-0.3, -0.25) is 9.10 Å². The Labute approximate surface area is 207 Å². The van der Waals surface area contributed by atoms with Crippen LogP contribution in [0.25, 0.3) is 0 Å². The van der Waals surface area contributed by atoms with Crippen molar-refractivity contribution >= 4 is 21.6 Å². The number of carbonyl (C=O) groups excluding carboxylic acids is 1. The molecule has 3 rings (SSSR count). The van der Waals surface area contributed by atoms with Crippen molar-refractivity contribution in [2.24, 2.45) is 0 Å². The molecule has 0 bridgehead atoms. The van der Waals surface area contributed by atoms with Crippen LogP contribution in [0.3, 0.4) is 0 Å².